The summed E-state index contributed by atoms with van der Waals surface area (Å²) in [7, 11) is 0. The van der Waals surface area contributed by atoms with Crippen LogP contribution in [0.2, 0.25) is 0 Å². The summed E-state index contributed by atoms with van der Waals surface area (Å²) in [5.41, 5.74) is 1.17. The molecule has 0 aliphatic rings. The van der Waals surface area contributed by atoms with E-state index in [0.717, 1.165) is 31.7 Å². The van der Waals surface area contributed by atoms with E-state index >= 15 is 0 Å². The van der Waals surface area contributed by atoms with Gasteiger partial charge in [-0.1, -0.05) is 31.5 Å². The van der Waals surface area contributed by atoms with Crippen LogP contribution in [0, 0.1) is 0 Å². The Labute approximate surface area is 120 Å². The summed E-state index contributed by atoms with van der Waals surface area (Å²) < 4.78 is 0. The van der Waals surface area contributed by atoms with Gasteiger partial charge in [0.25, 0.3) is 0 Å². The number of para-hydroxylation sites is 1. The SMILES string of the molecule is CCCCN(c1ccccc1)c1ccnc(NCC)n1. The van der Waals surface area contributed by atoms with Gasteiger partial charge in [-0.25, -0.2) is 4.98 Å². The lowest BCUT2D eigenvalue weighted by Crippen LogP contribution is -2.20. The quantitative estimate of drug-likeness (QED) is 0.829. The molecule has 106 valence electrons. The standard InChI is InChI=1S/C16H22N4/c1-3-5-13-20(14-9-7-6-8-10-14)15-11-12-18-16(19-15)17-4-2/h6-12H,3-5,13H2,1-2H3,(H,17,18,19). The van der Waals surface area contributed by atoms with Crippen LogP contribution in [0.25, 0.3) is 0 Å². The van der Waals surface area contributed by atoms with Gasteiger partial charge >= 0.3 is 0 Å². The Morgan fingerprint density at radius 1 is 1.10 bits per heavy atom. The summed E-state index contributed by atoms with van der Waals surface area (Å²) in [5, 5.41) is 3.16. The van der Waals surface area contributed by atoms with Crippen LogP contribution >= 0.6 is 0 Å². The van der Waals surface area contributed by atoms with Crippen LogP contribution < -0.4 is 10.2 Å². The summed E-state index contributed by atoms with van der Waals surface area (Å²) in [5.74, 6) is 1.62. The third-order valence-electron chi connectivity index (χ3n) is 3.06. The van der Waals surface area contributed by atoms with Gasteiger partial charge in [-0.05, 0) is 31.5 Å². The molecule has 0 unspecified atom stereocenters. The molecule has 0 saturated carbocycles. The lowest BCUT2D eigenvalue weighted by atomic mass is 10.2. The number of unbranched alkanes of at least 4 members (excludes halogenated alkanes) is 1. The monoisotopic (exact) mass is 270 g/mol. The molecule has 0 saturated heterocycles. The van der Waals surface area contributed by atoms with Crippen LogP contribution in [-0.2, 0) is 0 Å². The van der Waals surface area contributed by atoms with Crippen molar-refractivity contribution in [1.29, 1.82) is 0 Å². The minimum absolute atomic E-state index is 0.683. The van der Waals surface area contributed by atoms with E-state index in [1.165, 1.54) is 5.69 Å². The Hall–Kier alpha value is -2.10. The highest BCUT2D eigenvalue weighted by Gasteiger charge is 2.10. The fourth-order valence-corrected chi connectivity index (χ4v) is 2.04. The molecule has 1 aromatic carbocycles. The third-order valence-corrected chi connectivity index (χ3v) is 3.06. The van der Waals surface area contributed by atoms with Gasteiger partial charge in [-0.15, -0.1) is 0 Å². The zero-order chi connectivity index (χ0) is 14.2. The second-order valence-electron chi connectivity index (χ2n) is 4.61. The topological polar surface area (TPSA) is 41.1 Å². The molecule has 4 nitrogen and oxygen atoms in total. The van der Waals surface area contributed by atoms with Gasteiger partial charge in [0.15, 0.2) is 0 Å². The first kappa shape index (κ1) is 14.3. The predicted octanol–water partition coefficient (Wildman–Crippen LogP) is 3.85. The Bertz CT molecular complexity index is 513. The molecule has 1 N–H and O–H groups in total. The first-order valence-corrected chi connectivity index (χ1v) is 7.24. The maximum absolute atomic E-state index is 4.60. The molecule has 0 radical (unpaired) electrons. The van der Waals surface area contributed by atoms with Crippen molar-refractivity contribution >= 4 is 17.5 Å². The molecule has 0 aliphatic carbocycles. The van der Waals surface area contributed by atoms with E-state index in [4.69, 9.17) is 0 Å². The second kappa shape index (κ2) is 7.48. The molecule has 1 aromatic heterocycles. The zero-order valence-corrected chi connectivity index (χ0v) is 12.2. The minimum atomic E-state index is 0.683. The average molecular weight is 270 g/mol. The smallest absolute Gasteiger partial charge is 0.224 e. The van der Waals surface area contributed by atoms with E-state index < -0.39 is 0 Å². The summed E-state index contributed by atoms with van der Waals surface area (Å²) in [6.45, 7) is 6.03. The van der Waals surface area contributed by atoms with Crippen molar-refractivity contribution in [2.75, 3.05) is 23.3 Å². The molecule has 0 aliphatic heterocycles. The molecule has 1 heterocycles. The number of hydrogen-bond acceptors (Lipinski definition) is 4. The number of hydrogen-bond donors (Lipinski definition) is 1. The van der Waals surface area contributed by atoms with Gasteiger partial charge in [0.1, 0.15) is 5.82 Å². The molecule has 2 rings (SSSR count). The number of benzene rings is 1. The maximum Gasteiger partial charge on any atom is 0.224 e. The van der Waals surface area contributed by atoms with Crippen molar-refractivity contribution < 1.29 is 0 Å². The lowest BCUT2D eigenvalue weighted by molar-refractivity contribution is 0.778. The Morgan fingerprint density at radius 3 is 2.60 bits per heavy atom. The molecule has 0 fully saturated rings. The van der Waals surface area contributed by atoms with Crippen molar-refractivity contribution in [2.24, 2.45) is 0 Å². The number of nitrogens with zero attached hydrogens (tertiary/aromatic N) is 3. The Kier molecular flexibility index (Phi) is 5.35. The molecule has 0 bridgehead atoms. The first-order chi connectivity index (χ1) is 9.85. The molecule has 0 spiro atoms. The molecule has 20 heavy (non-hydrogen) atoms. The van der Waals surface area contributed by atoms with Crippen molar-refractivity contribution in [2.45, 2.75) is 26.7 Å². The van der Waals surface area contributed by atoms with Gasteiger partial charge in [0, 0.05) is 25.0 Å². The van der Waals surface area contributed by atoms with Gasteiger partial charge in [-0.2, -0.15) is 4.98 Å². The van der Waals surface area contributed by atoms with Crippen LogP contribution in [0.15, 0.2) is 42.6 Å². The highest BCUT2D eigenvalue weighted by Crippen LogP contribution is 2.24. The van der Waals surface area contributed by atoms with Gasteiger partial charge < -0.3 is 10.2 Å². The average Bonchev–Trinajstić information content (AvgIpc) is 2.50. The van der Waals surface area contributed by atoms with E-state index in [9.17, 15) is 0 Å². The lowest BCUT2D eigenvalue weighted by Gasteiger charge is -2.24. The van der Waals surface area contributed by atoms with Crippen LogP contribution in [0.3, 0.4) is 0 Å². The number of anilines is 3. The Morgan fingerprint density at radius 2 is 1.90 bits per heavy atom. The molecular formula is C16H22N4. The molecular weight excluding hydrogens is 248 g/mol. The predicted molar refractivity (Wildman–Crippen MR) is 84.6 cm³/mol. The van der Waals surface area contributed by atoms with E-state index in [2.05, 4.69) is 51.4 Å². The molecule has 0 amide bonds. The summed E-state index contributed by atoms with van der Waals surface area (Å²) in [6.07, 6.45) is 4.10. The largest absolute Gasteiger partial charge is 0.354 e. The van der Waals surface area contributed by atoms with Gasteiger partial charge in [0.2, 0.25) is 5.95 Å². The van der Waals surface area contributed by atoms with Crippen LogP contribution in [0.4, 0.5) is 17.5 Å². The Balaban J connectivity index is 2.28. The van der Waals surface area contributed by atoms with Crippen molar-refractivity contribution in [3.05, 3.63) is 42.6 Å². The van der Waals surface area contributed by atoms with E-state index in [1.54, 1.807) is 0 Å². The van der Waals surface area contributed by atoms with Crippen LogP contribution in [0.5, 0.6) is 0 Å². The molecule has 0 atom stereocenters. The van der Waals surface area contributed by atoms with Crippen molar-refractivity contribution in [3.63, 3.8) is 0 Å². The number of rotatable bonds is 7. The zero-order valence-electron chi connectivity index (χ0n) is 12.2. The third kappa shape index (κ3) is 3.70. The number of nitrogens with one attached hydrogen (secondary N) is 1. The van der Waals surface area contributed by atoms with Crippen molar-refractivity contribution in [3.8, 4) is 0 Å². The summed E-state index contributed by atoms with van der Waals surface area (Å²) >= 11 is 0. The van der Waals surface area contributed by atoms with Crippen molar-refractivity contribution in [1.82, 2.24) is 9.97 Å². The highest BCUT2D eigenvalue weighted by atomic mass is 15.2. The minimum Gasteiger partial charge on any atom is -0.354 e. The second-order valence-corrected chi connectivity index (χ2v) is 4.61. The number of aromatic nitrogens is 2. The van der Waals surface area contributed by atoms with E-state index in [1.807, 2.05) is 25.3 Å². The molecule has 2 aromatic rings. The first-order valence-electron chi connectivity index (χ1n) is 7.24. The normalized spacial score (nSPS) is 10.3. The van der Waals surface area contributed by atoms with Gasteiger partial charge in [-0.3, -0.25) is 0 Å². The van der Waals surface area contributed by atoms with Crippen LogP contribution in [-0.4, -0.2) is 23.1 Å². The van der Waals surface area contributed by atoms with E-state index in [0.29, 0.717) is 5.95 Å². The van der Waals surface area contributed by atoms with Crippen LogP contribution in [0.1, 0.15) is 26.7 Å². The maximum atomic E-state index is 4.60. The summed E-state index contributed by atoms with van der Waals surface area (Å²) in [6, 6.07) is 12.3. The highest BCUT2D eigenvalue weighted by molar-refractivity contribution is 5.60. The van der Waals surface area contributed by atoms with Gasteiger partial charge in [0.05, 0.1) is 0 Å². The fraction of sp³-hybridized carbons (Fsp3) is 0.375. The molecule has 4 heteroatoms. The van der Waals surface area contributed by atoms with E-state index in [-0.39, 0.29) is 0 Å². The summed E-state index contributed by atoms with van der Waals surface area (Å²) in [4.78, 5) is 11.1. The fourth-order valence-electron chi connectivity index (χ4n) is 2.04.